The van der Waals surface area contributed by atoms with Crippen molar-refractivity contribution in [1.29, 1.82) is 0 Å². The van der Waals surface area contributed by atoms with E-state index in [1.165, 1.54) is 6.92 Å². The van der Waals surface area contributed by atoms with Crippen molar-refractivity contribution in [3.63, 3.8) is 0 Å². The third kappa shape index (κ3) is 10.4. The topological polar surface area (TPSA) is 113 Å². The van der Waals surface area contributed by atoms with Crippen molar-refractivity contribution in [2.45, 2.75) is 75.6 Å². The van der Waals surface area contributed by atoms with Gasteiger partial charge in [0, 0.05) is 13.0 Å². The maximum atomic E-state index is 12.0. The van der Waals surface area contributed by atoms with E-state index in [1.54, 1.807) is 30.3 Å². The van der Waals surface area contributed by atoms with Crippen LogP contribution in [0.25, 0.3) is 0 Å². The van der Waals surface area contributed by atoms with Gasteiger partial charge < -0.3 is 10.4 Å². The molecule has 7 nitrogen and oxygen atoms in total. The lowest BCUT2D eigenvalue weighted by atomic mass is 10.1. The highest BCUT2D eigenvalue weighted by Gasteiger charge is 2.13. The third-order valence-corrected chi connectivity index (χ3v) is 5.90. The number of nitrogens with one attached hydrogen (secondary N) is 2. The molecule has 0 spiro atoms. The molecule has 0 heterocycles. The molecule has 1 atom stereocenters. The third-order valence-electron chi connectivity index (χ3n) is 4.42. The fraction of sp³-hybridized carbons (Fsp3) is 0.600. The molecule has 1 rings (SSSR count). The number of unbranched alkanes of at least 4 members (excludes halogenated alkanes) is 7. The Morgan fingerprint density at radius 2 is 1.46 bits per heavy atom. The van der Waals surface area contributed by atoms with E-state index in [0.29, 0.717) is 17.9 Å². The molecule has 0 aliphatic rings. The first kappa shape index (κ1) is 24.1. The Bertz CT molecular complexity index is 692. The highest BCUT2D eigenvalue weighted by Crippen LogP contribution is 2.11. The molecule has 0 aliphatic carbocycles. The quantitative estimate of drug-likeness (QED) is 0.383. The zero-order chi connectivity index (χ0) is 20.8. The number of carbonyl (C=O) groups is 2. The van der Waals surface area contributed by atoms with E-state index < -0.39 is 22.0 Å². The molecule has 0 aromatic heterocycles. The first-order valence-electron chi connectivity index (χ1n) is 9.90. The first-order valence-corrected chi connectivity index (χ1v) is 11.4. The van der Waals surface area contributed by atoms with Crippen molar-refractivity contribution in [1.82, 2.24) is 10.0 Å². The maximum absolute atomic E-state index is 12.0. The zero-order valence-corrected chi connectivity index (χ0v) is 17.3. The van der Waals surface area contributed by atoms with Crippen LogP contribution in [0.3, 0.4) is 0 Å². The molecule has 1 unspecified atom stereocenters. The standard InChI is InChI=1S/C20H32N2O5S/c1-17(20(24)25)22-19(23)15-11-6-4-2-3-5-7-12-16-21-28(26,27)18-13-9-8-10-14-18/h8-10,13-14,17,21H,2-7,11-12,15-16H2,1H3,(H,22,23)(H,24,25). The van der Waals surface area contributed by atoms with Crippen LogP contribution >= 0.6 is 0 Å². The van der Waals surface area contributed by atoms with E-state index in [9.17, 15) is 18.0 Å². The summed E-state index contributed by atoms with van der Waals surface area (Å²) in [5.41, 5.74) is 0. The number of rotatable bonds is 15. The van der Waals surface area contributed by atoms with Gasteiger partial charge in [-0.05, 0) is 31.9 Å². The number of carbonyl (C=O) groups excluding carboxylic acids is 1. The summed E-state index contributed by atoms with van der Waals surface area (Å²) in [7, 11) is -3.40. The minimum absolute atomic E-state index is 0.215. The van der Waals surface area contributed by atoms with Gasteiger partial charge in [0.1, 0.15) is 6.04 Å². The maximum Gasteiger partial charge on any atom is 0.325 e. The van der Waals surface area contributed by atoms with Crippen molar-refractivity contribution in [2.24, 2.45) is 0 Å². The van der Waals surface area contributed by atoms with Gasteiger partial charge in [0.05, 0.1) is 4.90 Å². The molecule has 0 aliphatic heterocycles. The van der Waals surface area contributed by atoms with Crippen LogP contribution in [0.2, 0.25) is 0 Å². The number of carboxylic acids is 1. The van der Waals surface area contributed by atoms with Gasteiger partial charge >= 0.3 is 5.97 Å². The lowest BCUT2D eigenvalue weighted by Gasteiger charge is -2.09. The summed E-state index contributed by atoms with van der Waals surface area (Å²) >= 11 is 0. The average molecular weight is 413 g/mol. The van der Waals surface area contributed by atoms with Gasteiger partial charge in [-0.3, -0.25) is 9.59 Å². The number of sulfonamides is 1. The second-order valence-electron chi connectivity index (χ2n) is 6.92. The summed E-state index contributed by atoms with van der Waals surface area (Å²) in [5.74, 6) is -1.24. The van der Waals surface area contributed by atoms with Crippen molar-refractivity contribution in [3.8, 4) is 0 Å². The van der Waals surface area contributed by atoms with Gasteiger partial charge in [-0.15, -0.1) is 0 Å². The number of hydrogen-bond acceptors (Lipinski definition) is 4. The molecule has 8 heteroatoms. The normalized spacial score (nSPS) is 12.5. The van der Waals surface area contributed by atoms with Crippen molar-refractivity contribution in [2.75, 3.05) is 6.54 Å². The number of carboxylic acid groups (broad SMARTS) is 1. The molecule has 0 bridgehead atoms. The predicted octanol–water partition coefficient (Wildman–Crippen LogP) is 3.07. The largest absolute Gasteiger partial charge is 0.480 e. The van der Waals surface area contributed by atoms with E-state index in [1.807, 2.05) is 0 Å². The molecule has 28 heavy (non-hydrogen) atoms. The predicted molar refractivity (Wildman–Crippen MR) is 108 cm³/mol. The monoisotopic (exact) mass is 412 g/mol. The van der Waals surface area contributed by atoms with Crippen LogP contribution < -0.4 is 10.0 Å². The Kier molecular flexibility index (Phi) is 11.4. The molecule has 1 aromatic carbocycles. The molecule has 158 valence electrons. The Hall–Kier alpha value is -1.93. The fourth-order valence-corrected chi connectivity index (χ4v) is 3.83. The second kappa shape index (κ2) is 13.3. The average Bonchev–Trinajstić information content (AvgIpc) is 2.66. The summed E-state index contributed by atoms with van der Waals surface area (Å²) in [4.78, 5) is 22.5. The van der Waals surface area contributed by atoms with Crippen molar-refractivity contribution < 1.29 is 23.1 Å². The van der Waals surface area contributed by atoms with Gasteiger partial charge in [-0.25, -0.2) is 13.1 Å². The van der Waals surface area contributed by atoms with Crippen LogP contribution in [0, 0.1) is 0 Å². The summed E-state index contributed by atoms with van der Waals surface area (Å²) < 4.78 is 26.7. The van der Waals surface area contributed by atoms with Gasteiger partial charge in [-0.1, -0.05) is 56.7 Å². The molecule has 0 saturated heterocycles. The number of amides is 1. The summed E-state index contributed by atoms with van der Waals surface area (Å²) in [6, 6.07) is 7.52. The summed E-state index contributed by atoms with van der Waals surface area (Å²) in [5, 5.41) is 11.2. The number of hydrogen-bond donors (Lipinski definition) is 3. The van der Waals surface area contributed by atoms with E-state index in [-0.39, 0.29) is 5.91 Å². The number of aliphatic carboxylic acids is 1. The molecular formula is C20H32N2O5S. The zero-order valence-electron chi connectivity index (χ0n) is 16.5. The fourth-order valence-electron chi connectivity index (χ4n) is 2.74. The Morgan fingerprint density at radius 3 is 2.04 bits per heavy atom. The van der Waals surface area contributed by atoms with Crippen LogP contribution in [0.1, 0.15) is 64.7 Å². The van der Waals surface area contributed by atoms with E-state index >= 15 is 0 Å². The highest BCUT2D eigenvalue weighted by atomic mass is 32.2. The number of benzene rings is 1. The Morgan fingerprint density at radius 1 is 0.929 bits per heavy atom. The molecule has 1 amide bonds. The van der Waals surface area contributed by atoms with Crippen molar-refractivity contribution >= 4 is 21.9 Å². The molecular weight excluding hydrogens is 380 g/mol. The van der Waals surface area contributed by atoms with Crippen molar-refractivity contribution in [3.05, 3.63) is 30.3 Å². The van der Waals surface area contributed by atoms with Crippen LogP contribution in [-0.4, -0.2) is 38.0 Å². The SMILES string of the molecule is CC(NC(=O)CCCCCCCCCCNS(=O)(=O)c1ccccc1)C(=O)O. The van der Waals surface area contributed by atoms with Crippen LogP contribution in [0.15, 0.2) is 35.2 Å². The van der Waals surface area contributed by atoms with Gasteiger partial charge in [0.15, 0.2) is 0 Å². The van der Waals surface area contributed by atoms with Gasteiger partial charge in [-0.2, -0.15) is 0 Å². The molecule has 3 N–H and O–H groups in total. The molecule has 0 radical (unpaired) electrons. The Labute approximate surface area is 168 Å². The van der Waals surface area contributed by atoms with Crippen LogP contribution in [0.4, 0.5) is 0 Å². The van der Waals surface area contributed by atoms with E-state index in [4.69, 9.17) is 5.11 Å². The molecule has 1 aromatic rings. The van der Waals surface area contributed by atoms with Crippen LogP contribution in [-0.2, 0) is 19.6 Å². The summed E-state index contributed by atoms with van der Waals surface area (Å²) in [6.07, 6.45) is 8.15. The Balaban J connectivity index is 1.96. The molecule has 0 saturated carbocycles. The van der Waals surface area contributed by atoms with E-state index in [0.717, 1.165) is 51.4 Å². The van der Waals surface area contributed by atoms with Gasteiger partial charge in [0.2, 0.25) is 15.9 Å². The summed E-state index contributed by atoms with van der Waals surface area (Å²) in [6.45, 7) is 1.90. The van der Waals surface area contributed by atoms with Crippen LogP contribution in [0.5, 0.6) is 0 Å². The first-order chi connectivity index (χ1) is 13.3. The minimum atomic E-state index is -3.40. The minimum Gasteiger partial charge on any atom is -0.480 e. The molecule has 0 fully saturated rings. The smallest absolute Gasteiger partial charge is 0.325 e. The lowest BCUT2D eigenvalue weighted by Crippen LogP contribution is -2.38. The second-order valence-corrected chi connectivity index (χ2v) is 8.68. The van der Waals surface area contributed by atoms with Gasteiger partial charge in [0.25, 0.3) is 0 Å². The lowest BCUT2D eigenvalue weighted by molar-refractivity contribution is -0.141. The highest BCUT2D eigenvalue weighted by molar-refractivity contribution is 7.89. The van der Waals surface area contributed by atoms with E-state index in [2.05, 4.69) is 10.0 Å².